The fraction of sp³-hybridized carbons (Fsp3) is 0.250. The van der Waals surface area contributed by atoms with Gasteiger partial charge in [0.25, 0.3) is 0 Å². The van der Waals surface area contributed by atoms with Crippen LogP contribution in [0.15, 0.2) is 36.7 Å². The van der Waals surface area contributed by atoms with Gasteiger partial charge in [0.2, 0.25) is 8.59 Å². The summed E-state index contributed by atoms with van der Waals surface area (Å²) in [6.07, 6.45) is 3.70. The van der Waals surface area contributed by atoms with Crippen LogP contribution in [-0.2, 0) is 21.1 Å². The van der Waals surface area contributed by atoms with Crippen LogP contribution < -0.4 is 36.3 Å². The second-order valence-corrected chi connectivity index (χ2v) is 4.56. The van der Waals surface area contributed by atoms with E-state index in [0.29, 0.717) is 11.4 Å². The molecular weight excluding hydrogens is 562 g/mol. The Morgan fingerprint density at radius 1 is 0.846 bits per heavy atom. The van der Waals surface area contributed by atoms with Gasteiger partial charge in [0.05, 0.1) is 11.0 Å². The third kappa shape index (κ3) is 8.20. The van der Waals surface area contributed by atoms with Gasteiger partial charge in [0, 0.05) is 36.3 Å². The van der Waals surface area contributed by atoms with Crippen molar-refractivity contribution in [2.24, 2.45) is 11.4 Å². The molecule has 2 aromatic heterocycles. The average Bonchev–Trinajstić information content (AvgIpc) is 2.75. The molecule has 7 nitrogen and oxygen atoms in total. The number of benzene rings is 1. The van der Waals surface area contributed by atoms with E-state index in [1.807, 2.05) is 24.5 Å². The molecule has 0 aliphatic carbocycles. The first-order valence-corrected chi connectivity index (χ1v) is 6.50. The van der Waals surface area contributed by atoms with Crippen LogP contribution in [-0.4, -0.2) is 48.1 Å². The fourth-order valence-electron chi connectivity index (χ4n) is 2.10. The van der Waals surface area contributed by atoms with Gasteiger partial charge in [-0.1, -0.05) is 12.1 Å². The number of aromatic nitrogens is 2. The zero-order valence-corrected chi connectivity index (χ0v) is 17.7. The number of pyridine rings is 2. The van der Waals surface area contributed by atoms with Crippen LogP contribution in [0.4, 0.5) is 0 Å². The van der Waals surface area contributed by atoms with Gasteiger partial charge in [-0.05, 0) is 37.1 Å². The Balaban J connectivity index is -0.000000138. The van der Waals surface area contributed by atoms with Crippen LogP contribution in [0.5, 0.6) is 0 Å². The van der Waals surface area contributed by atoms with Crippen LogP contribution in [0.3, 0.4) is 0 Å². The molecule has 0 fully saturated rings. The second-order valence-electron chi connectivity index (χ2n) is 4.56. The van der Waals surface area contributed by atoms with E-state index in [0.717, 1.165) is 11.0 Å². The van der Waals surface area contributed by atoms with Crippen LogP contribution in [0.25, 0.3) is 21.8 Å². The van der Waals surface area contributed by atoms with Crippen LogP contribution in [0, 0.1) is 13.8 Å². The first kappa shape index (κ1) is 16.1. The van der Waals surface area contributed by atoms with Crippen molar-refractivity contribution in [3.8, 4) is 0 Å². The molecule has 26 heavy (non-hydrogen) atoms. The maximum atomic E-state index is 6.48. The topological polar surface area (TPSA) is 172 Å². The molecule has 0 aliphatic rings. The molecule has 1 aromatic carbocycles. The fourth-order valence-corrected chi connectivity index (χ4v) is 2.10. The van der Waals surface area contributed by atoms with E-state index in [2.05, 4.69) is 52.4 Å². The first-order valence-electron chi connectivity index (χ1n) is 10.7. The van der Waals surface area contributed by atoms with Gasteiger partial charge in [-0.25, -0.2) is 0 Å². The molecule has 0 atom stereocenters. The summed E-state index contributed by atoms with van der Waals surface area (Å²) in [5.74, 6) is 0. The molecule has 0 saturated carbocycles. The van der Waals surface area contributed by atoms with Gasteiger partial charge in [-0.2, -0.15) is 0 Å². The van der Waals surface area contributed by atoms with Gasteiger partial charge in [0.15, 0.2) is 0 Å². The molecule has 10 N–H and O–H groups in total. The minimum absolute atomic E-state index is 0. The third-order valence-corrected chi connectivity index (χ3v) is 3.16. The number of halogens is 2. The van der Waals surface area contributed by atoms with Crippen molar-refractivity contribution < 1.29 is 68.0 Å². The number of fused-ring (bicyclic) bond motifs is 3. The Labute approximate surface area is 194 Å². The monoisotopic (exact) mass is 597 g/mol. The summed E-state index contributed by atoms with van der Waals surface area (Å²) in [4.78, 5) is 8.90. The van der Waals surface area contributed by atoms with Gasteiger partial charge in [-0.3, -0.25) is 9.97 Å². The largest absolute Gasteiger partial charge is 4.00 e. The molecule has 0 unspecified atom stereocenters. The van der Waals surface area contributed by atoms with Gasteiger partial charge in [0.1, 0.15) is 5.65 Å². The predicted octanol–water partition coefficient (Wildman–Crippen LogP) is -6.16. The molecule has 3 rings (SSSR count). The van der Waals surface area contributed by atoms with Crippen molar-refractivity contribution in [3.05, 3.63) is 47.8 Å². The third-order valence-electron chi connectivity index (χ3n) is 3.16. The van der Waals surface area contributed by atoms with E-state index in [1.165, 1.54) is 21.9 Å². The SMILES string of the molecule is Cc1ccnc2c1ccc1c(C)ccnc12.[2H]N([2H])CCN([2H])[2H].[2H]O[2H].[2H]O[2H].[2H]O[2H].[Cl-].[Cl-].[Pt+4]. The van der Waals surface area contributed by atoms with Crippen LogP contribution >= 0.6 is 0 Å². The zero-order chi connectivity index (χ0) is 25.8. The second kappa shape index (κ2) is 17.5. The molecule has 0 saturated heterocycles. The van der Waals surface area contributed by atoms with Crippen molar-refractivity contribution in [2.75, 3.05) is 13.1 Å². The van der Waals surface area contributed by atoms with E-state index in [1.54, 1.807) is 0 Å². The maximum Gasteiger partial charge on any atom is 4.00 e. The zero-order valence-electron chi connectivity index (χ0n) is 24.0. The summed E-state index contributed by atoms with van der Waals surface area (Å²) < 4.78 is 58.2. The number of hydrogen-bond donors (Lipinski definition) is 2. The van der Waals surface area contributed by atoms with Gasteiger partial charge < -0.3 is 52.7 Å². The predicted molar refractivity (Wildman–Crippen MR) is 95.5 cm³/mol. The molecule has 10 heteroatoms. The maximum absolute atomic E-state index is 6.48. The van der Waals surface area contributed by atoms with E-state index >= 15 is 0 Å². The molecule has 3 aromatic rings. The number of nitrogens with two attached hydrogens (primary N) is 2. The Morgan fingerprint density at radius 2 is 1.19 bits per heavy atom. The number of hydrogen-bond acceptors (Lipinski definition) is 4. The molecular formula is C16H26Cl2N4O3Pt+2. The Bertz CT molecular complexity index is 840. The first-order chi connectivity index (χ1) is 15.6. The number of rotatable bonds is 3. The Kier molecular flexibility index (Phi) is 10.8. The molecule has 2 heterocycles. The molecule has 0 radical (unpaired) electrons. The van der Waals surface area contributed by atoms with Crippen molar-refractivity contribution in [1.29, 1.82) is 8.59 Å². The van der Waals surface area contributed by atoms with Crippen molar-refractivity contribution >= 4 is 21.8 Å². The normalized spacial score (nSPS) is 12.8. The van der Waals surface area contributed by atoms with Gasteiger partial charge >= 0.3 is 21.1 Å². The van der Waals surface area contributed by atoms with E-state index in [9.17, 15) is 0 Å². The number of nitrogens with zero attached hydrogens (tertiary/aromatic N) is 2. The average molecular weight is 598 g/mol. The summed E-state index contributed by atoms with van der Waals surface area (Å²) in [5.41, 5.74) is 13.6. The molecule has 150 valence electrons. The number of aryl methyl sites for hydroxylation is 2. The van der Waals surface area contributed by atoms with Crippen molar-refractivity contribution in [3.63, 3.8) is 0 Å². The Hall–Kier alpha value is -0.892. The summed E-state index contributed by atoms with van der Waals surface area (Å²) in [6, 6.07) is 8.33. The standard InChI is InChI=1S/C14H12N2.C2H8N2.2ClH.3H2O.Pt/c1-9-5-7-15-13-11(9)3-4-12-10(2)6-8-16-14(12)13;3-1-2-4;;;;;;/h3-8H,1-2H3;1-4H2;2*1H;3*1H2;/q;;;;;;;+4/p-2/i/hD10. The minimum Gasteiger partial charge on any atom is -1.00 e. The molecule has 0 amide bonds. The molecule has 0 spiro atoms. The van der Waals surface area contributed by atoms with E-state index in [4.69, 9.17) is 14.2 Å². The molecule has 0 bridgehead atoms. The van der Waals surface area contributed by atoms with Gasteiger partial charge in [-0.15, -0.1) is 0 Å². The smallest absolute Gasteiger partial charge is 1.00 e. The molecule has 0 aliphatic heterocycles. The van der Waals surface area contributed by atoms with Crippen LogP contribution in [0.1, 0.15) is 11.1 Å². The summed E-state index contributed by atoms with van der Waals surface area (Å²) in [6.45, 7) is 4.41. The summed E-state index contributed by atoms with van der Waals surface area (Å²) in [5, 5.41) is 2.38. The van der Waals surface area contributed by atoms with E-state index < -0.39 is 0 Å². The minimum atomic E-state index is 0. The summed E-state index contributed by atoms with van der Waals surface area (Å²) in [7, 11) is 0. The summed E-state index contributed by atoms with van der Waals surface area (Å²) >= 11 is 0. The van der Waals surface area contributed by atoms with Crippen molar-refractivity contribution in [1.82, 2.24) is 9.97 Å². The quantitative estimate of drug-likeness (QED) is 0.286. The Morgan fingerprint density at radius 3 is 1.50 bits per heavy atom. The van der Waals surface area contributed by atoms with E-state index in [-0.39, 0.29) is 59.0 Å². The van der Waals surface area contributed by atoms with Crippen LogP contribution in [0.2, 0.25) is 5.65 Å². The van der Waals surface area contributed by atoms with Crippen molar-refractivity contribution in [2.45, 2.75) is 13.8 Å².